The fourth-order valence-corrected chi connectivity index (χ4v) is 3.38. The highest BCUT2D eigenvalue weighted by molar-refractivity contribution is 4.82. The van der Waals surface area contributed by atoms with Crippen molar-refractivity contribution in [1.82, 2.24) is 4.90 Å². The van der Waals surface area contributed by atoms with Crippen molar-refractivity contribution in [3.63, 3.8) is 0 Å². The topological polar surface area (TPSA) is 47.7 Å². The minimum absolute atomic E-state index is 0.0406. The van der Waals surface area contributed by atoms with Gasteiger partial charge in [0.05, 0.1) is 6.61 Å². The second-order valence-corrected chi connectivity index (χ2v) is 6.00. The molecule has 0 spiro atoms. The van der Waals surface area contributed by atoms with Gasteiger partial charge < -0.3 is 20.1 Å². The third-order valence-corrected chi connectivity index (χ3v) is 4.62. The maximum atomic E-state index is 5.90. The van der Waals surface area contributed by atoms with Crippen LogP contribution in [0.3, 0.4) is 0 Å². The van der Waals surface area contributed by atoms with Crippen LogP contribution >= 0.6 is 0 Å². The average molecular weight is 270 g/mol. The summed E-state index contributed by atoms with van der Waals surface area (Å²) < 4.78 is 11.4. The van der Waals surface area contributed by atoms with Crippen LogP contribution in [0.2, 0.25) is 0 Å². The van der Waals surface area contributed by atoms with Gasteiger partial charge in [-0.2, -0.15) is 0 Å². The van der Waals surface area contributed by atoms with E-state index in [0.717, 1.165) is 32.7 Å². The van der Waals surface area contributed by atoms with Crippen molar-refractivity contribution in [2.45, 2.75) is 57.3 Å². The second kappa shape index (κ2) is 8.20. The van der Waals surface area contributed by atoms with Crippen LogP contribution in [-0.2, 0) is 9.47 Å². The minimum atomic E-state index is 0.0406. The molecule has 0 amide bonds. The summed E-state index contributed by atoms with van der Waals surface area (Å²) in [5.41, 5.74) is 5.90. The lowest BCUT2D eigenvalue weighted by molar-refractivity contribution is -0.164. The number of rotatable bonds is 6. The molecule has 19 heavy (non-hydrogen) atoms. The van der Waals surface area contributed by atoms with Crippen molar-refractivity contribution in [3.8, 4) is 0 Å². The molecule has 1 saturated carbocycles. The predicted molar refractivity (Wildman–Crippen MR) is 77.0 cm³/mol. The molecule has 2 fully saturated rings. The SMILES string of the molecule is CN(CCOC1CCCCO1)C1CCCCC1CN. The van der Waals surface area contributed by atoms with Crippen molar-refractivity contribution >= 4 is 0 Å². The van der Waals surface area contributed by atoms with Gasteiger partial charge in [0.2, 0.25) is 0 Å². The van der Waals surface area contributed by atoms with E-state index in [-0.39, 0.29) is 6.29 Å². The fourth-order valence-electron chi connectivity index (χ4n) is 3.38. The highest BCUT2D eigenvalue weighted by atomic mass is 16.7. The smallest absolute Gasteiger partial charge is 0.157 e. The molecule has 1 aliphatic carbocycles. The van der Waals surface area contributed by atoms with Gasteiger partial charge in [0.1, 0.15) is 0 Å². The zero-order valence-corrected chi connectivity index (χ0v) is 12.4. The summed E-state index contributed by atoms with van der Waals surface area (Å²) in [6.07, 6.45) is 8.78. The summed E-state index contributed by atoms with van der Waals surface area (Å²) in [6.45, 7) is 3.44. The van der Waals surface area contributed by atoms with Crippen LogP contribution in [-0.4, -0.2) is 50.6 Å². The van der Waals surface area contributed by atoms with Crippen molar-refractivity contribution < 1.29 is 9.47 Å². The Kier molecular flexibility index (Phi) is 6.57. The maximum Gasteiger partial charge on any atom is 0.157 e. The molecule has 1 heterocycles. The van der Waals surface area contributed by atoms with Gasteiger partial charge in [-0.3, -0.25) is 0 Å². The van der Waals surface area contributed by atoms with Crippen molar-refractivity contribution in [2.75, 3.05) is 33.4 Å². The molecule has 2 rings (SSSR count). The van der Waals surface area contributed by atoms with Gasteiger partial charge in [-0.05, 0) is 51.6 Å². The quantitative estimate of drug-likeness (QED) is 0.802. The highest BCUT2D eigenvalue weighted by Gasteiger charge is 2.27. The highest BCUT2D eigenvalue weighted by Crippen LogP contribution is 2.27. The van der Waals surface area contributed by atoms with E-state index in [4.69, 9.17) is 15.2 Å². The molecule has 0 aromatic carbocycles. The zero-order valence-electron chi connectivity index (χ0n) is 12.4. The van der Waals surface area contributed by atoms with Crippen LogP contribution < -0.4 is 5.73 Å². The number of nitrogens with two attached hydrogens (primary N) is 1. The Labute approximate surface area is 117 Å². The molecule has 2 N–H and O–H groups in total. The molecule has 1 aliphatic heterocycles. The molecule has 3 atom stereocenters. The van der Waals surface area contributed by atoms with Crippen LogP contribution in [0.1, 0.15) is 44.9 Å². The zero-order chi connectivity index (χ0) is 13.5. The molecule has 0 radical (unpaired) electrons. The summed E-state index contributed by atoms with van der Waals surface area (Å²) in [6, 6.07) is 0.648. The Bertz CT molecular complexity index is 244. The Hall–Kier alpha value is -0.160. The van der Waals surface area contributed by atoms with E-state index in [9.17, 15) is 0 Å². The number of likely N-dealkylation sites (N-methyl/N-ethyl adjacent to an activating group) is 1. The third-order valence-electron chi connectivity index (χ3n) is 4.62. The summed E-state index contributed by atoms with van der Waals surface area (Å²) in [7, 11) is 2.21. The van der Waals surface area contributed by atoms with Crippen molar-refractivity contribution in [1.29, 1.82) is 0 Å². The lowest BCUT2D eigenvalue weighted by atomic mass is 9.84. The molecule has 2 aliphatic rings. The first kappa shape index (κ1) is 15.2. The van der Waals surface area contributed by atoms with E-state index in [1.54, 1.807) is 0 Å². The second-order valence-electron chi connectivity index (χ2n) is 6.00. The number of nitrogens with zero attached hydrogens (tertiary/aromatic N) is 1. The Morgan fingerprint density at radius 3 is 2.68 bits per heavy atom. The van der Waals surface area contributed by atoms with Crippen LogP contribution in [0, 0.1) is 5.92 Å². The predicted octanol–water partition coefficient (Wildman–Crippen LogP) is 1.98. The minimum Gasteiger partial charge on any atom is -0.353 e. The first-order valence-corrected chi connectivity index (χ1v) is 7.94. The summed E-state index contributed by atoms with van der Waals surface area (Å²) in [5.74, 6) is 0.671. The van der Waals surface area contributed by atoms with Gasteiger partial charge in [-0.15, -0.1) is 0 Å². The molecule has 112 valence electrons. The Morgan fingerprint density at radius 1 is 1.16 bits per heavy atom. The molecule has 4 nitrogen and oxygen atoms in total. The molecular formula is C15H30N2O2. The molecule has 0 aromatic heterocycles. The lowest BCUT2D eigenvalue weighted by Crippen LogP contribution is -2.44. The van der Waals surface area contributed by atoms with Crippen molar-refractivity contribution in [2.24, 2.45) is 11.7 Å². The normalized spacial score (nSPS) is 32.7. The van der Waals surface area contributed by atoms with Gasteiger partial charge in [-0.25, -0.2) is 0 Å². The molecule has 4 heteroatoms. The number of hydrogen-bond acceptors (Lipinski definition) is 4. The first-order chi connectivity index (χ1) is 9.31. The summed E-state index contributed by atoms with van der Waals surface area (Å²) in [5, 5.41) is 0. The van der Waals surface area contributed by atoms with Crippen LogP contribution in [0.25, 0.3) is 0 Å². The molecular weight excluding hydrogens is 240 g/mol. The van der Waals surface area contributed by atoms with Gasteiger partial charge in [0.25, 0.3) is 0 Å². The van der Waals surface area contributed by atoms with Gasteiger partial charge >= 0.3 is 0 Å². The largest absolute Gasteiger partial charge is 0.353 e. The van der Waals surface area contributed by atoms with Gasteiger partial charge in [-0.1, -0.05) is 12.8 Å². The van der Waals surface area contributed by atoms with Crippen molar-refractivity contribution in [3.05, 3.63) is 0 Å². The van der Waals surface area contributed by atoms with E-state index < -0.39 is 0 Å². The van der Waals surface area contributed by atoms with E-state index in [0.29, 0.717) is 12.0 Å². The molecule has 0 aromatic rings. The fraction of sp³-hybridized carbons (Fsp3) is 1.00. The maximum absolute atomic E-state index is 5.90. The van der Waals surface area contributed by atoms with E-state index in [1.165, 1.54) is 38.5 Å². The monoisotopic (exact) mass is 270 g/mol. The number of hydrogen-bond donors (Lipinski definition) is 1. The van der Waals surface area contributed by atoms with E-state index in [1.807, 2.05) is 0 Å². The van der Waals surface area contributed by atoms with Gasteiger partial charge in [0, 0.05) is 19.2 Å². The Balaban J connectivity index is 1.66. The molecule has 1 saturated heterocycles. The van der Waals surface area contributed by atoms with Crippen LogP contribution in [0.5, 0.6) is 0 Å². The first-order valence-electron chi connectivity index (χ1n) is 7.94. The molecule has 0 bridgehead atoms. The van der Waals surface area contributed by atoms with Crippen LogP contribution in [0.15, 0.2) is 0 Å². The van der Waals surface area contributed by atoms with E-state index >= 15 is 0 Å². The lowest BCUT2D eigenvalue weighted by Gasteiger charge is -2.37. The number of ether oxygens (including phenoxy) is 2. The summed E-state index contributed by atoms with van der Waals surface area (Å²) >= 11 is 0. The Morgan fingerprint density at radius 2 is 1.95 bits per heavy atom. The summed E-state index contributed by atoms with van der Waals surface area (Å²) in [4.78, 5) is 2.44. The molecule has 3 unspecified atom stereocenters. The third kappa shape index (κ3) is 4.71. The van der Waals surface area contributed by atoms with Gasteiger partial charge in [0.15, 0.2) is 6.29 Å². The standard InChI is InChI=1S/C15H30N2O2/c1-17(14-7-3-2-6-13(14)12-16)9-11-19-15-8-4-5-10-18-15/h13-15H,2-12,16H2,1H3. The average Bonchev–Trinajstić information content (AvgIpc) is 2.48. The van der Waals surface area contributed by atoms with Crippen LogP contribution in [0.4, 0.5) is 0 Å². The van der Waals surface area contributed by atoms with E-state index in [2.05, 4.69) is 11.9 Å².